The van der Waals surface area contributed by atoms with E-state index in [1.807, 2.05) is 4.90 Å². The molecule has 0 spiro atoms. The van der Waals surface area contributed by atoms with Gasteiger partial charge in [0.2, 0.25) is 0 Å². The number of rotatable bonds is 8. The van der Waals surface area contributed by atoms with Crippen LogP contribution in [0.25, 0.3) is 32.9 Å². The molecule has 0 radical (unpaired) electrons. The van der Waals surface area contributed by atoms with Crippen molar-refractivity contribution in [2.45, 2.75) is 44.9 Å². The van der Waals surface area contributed by atoms with Crippen molar-refractivity contribution in [3.8, 4) is 23.0 Å². The van der Waals surface area contributed by atoms with Crippen molar-refractivity contribution < 1.29 is 23.0 Å². The van der Waals surface area contributed by atoms with Gasteiger partial charge in [-0.05, 0) is 67.4 Å². The molecular formula is C32H32F3N7O3. The topological polar surface area (TPSA) is 142 Å². The first kappa shape index (κ1) is 30.1. The number of aryl methyl sites for hydroxylation is 1. The van der Waals surface area contributed by atoms with Gasteiger partial charge in [-0.1, -0.05) is 19.1 Å². The fourth-order valence-electron chi connectivity index (χ4n) is 6.02. The Bertz CT molecular complexity index is 1990. The Morgan fingerprint density at radius 2 is 2.02 bits per heavy atom. The number of aromatic nitrogens is 4. The first-order valence-corrected chi connectivity index (χ1v) is 14.6. The van der Waals surface area contributed by atoms with Crippen molar-refractivity contribution in [2.75, 3.05) is 31.2 Å². The predicted molar refractivity (Wildman–Crippen MR) is 166 cm³/mol. The fourth-order valence-corrected chi connectivity index (χ4v) is 6.02. The molecule has 13 heteroatoms. The average Bonchev–Trinajstić information content (AvgIpc) is 3.33. The van der Waals surface area contributed by atoms with Crippen molar-refractivity contribution >= 4 is 33.3 Å². The lowest BCUT2D eigenvalue weighted by Crippen LogP contribution is -2.31. The van der Waals surface area contributed by atoms with Gasteiger partial charge < -0.3 is 25.9 Å². The molecule has 1 fully saturated rings. The molecule has 3 atom stereocenters. The summed E-state index contributed by atoms with van der Waals surface area (Å²) in [4.78, 5) is 30.9. The summed E-state index contributed by atoms with van der Waals surface area (Å²) in [6, 6.07) is 7.92. The minimum atomic E-state index is -1.00. The molecule has 1 aliphatic heterocycles. The number of halogens is 3. The highest BCUT2D eigenvalue weighted by molar-refractivity contribution is 6.01. The fraction of sp³-hybridized carbons (Fsp3) is 0.312. The molecule has 2 aromatic carbocycles. The summed E-state index contributed by atoms with van der Waals surface area (Å²) in [5, 5.41) is 14.2. The molecule has 0 bridgehead atoms. The van der Waals surface area contributed by atoms with Gasteiger partial charge in [-0.3, -0.25) is 9.69 Å². The lowest BCUT2D eigenvalue weighted by molar-refractivity contribution is 0.188. The third kappa shape index (κ3) is 5.59. The molecule has 3 aromatic heterocycles. The van der Waals surface area contributed by atoms with Crippen LogP contribution < -0.4 is 21.3 Å². The first-order chi connectivity index (χ1) is 21.5. The maximum atomic E-state index is 16.7. The van der Waals surface area contributed by atoms with Gasteiger partial charge in [-0.25, -0.2) is 18.2 Å². The van der Waals surface area contributed by atoms with E-state index in [1.165, 1.54) is 24.3 Å². The Balaban J connectivity index is 1.54. The lowest BCUT2D eigenvalue weighted by atomic mass is 9.94. The summed E-state index contributed by atoms with van der Waals surface area (Å²) in [5.74, 6) is -1.40. The highest BCUT2D eigenvalue weighted by Gasteiger charge is 2.30. The van der Waals surface area contributed by atoms with Crippen LogP contribution in [0.4, 0.5) is 24.8 Å². The van der Waals surface area contributed by atoms with Crippen LogP contribution in [0, 0.1) is 11.6 Å². The van der Waals surface area contributed by atoms with Crippen LogP contribution in [0.15, 0.2) is 47.4 Å². The van der Waals surface area contributed by atoms with Crippen LogP contribution in [-0.4, -0.2) is 62.4 Å². The van der Waals surface area contributed by atoms with Crippen LogP contribution in [-0.2, 0) is 6.42 Å². The molecule has 1 aliphatic rings. The summed E-state index contributed by atoms with van der Waals surface area (Å²) >= 11 is 0. The summed E-state index contributed by atoms with van der Waals surface area (Å²) < 4.78 is 51.4. The van der Waals surface area contributed by atoms with Crippen molar-refractivity contribution in [1.82, 2.24) is 24.8 Å². The number of alkyl halides is 1. The summed E-state index contributed by atoms with van der Waals surface area (Å²) in [6.07, 6.45) is 1.07. The van der Waals surface area contributed by atoms with Crippen molar-refractivity contribution in [3.05, 3.63) is 75.7 Å². The number of aromatic amines is 1. The summed E-state index contributed by atoms with van der Waals surface area (Å²) in [6.45, 7) is 3.82. The second-order valence-electron chi connectivity index (χ2n) is 11.3. The van der Waals surface area contributed by atoms with Crippen LogP contribution in [0.3, 0.4) is 0 Å². The quantitative estimate of drug-likeness (QED) is 0.183. The van der Waals surface area contributed by atoms with E-state index in [2.05, 4.69) is 25.3 Å². The van der Waals surface area contributed by atoms with Crippen LogP contribution in [0.2, 0.25) is 0 Å². The zero-order valence-corrected chi connectivity index (χ0v) is 24.9. The number of nitrogens with one attached hydrogen (secondary N) is 2. The minimum Gasteiger partial charge on any atom is -0.508 e. The third-order valence-electron chi connectivity index (χ3n) is 8.29. The number of nitrogen functional groups attached to an aromatic ring is 1. The lowest BCUT2D eigenvalue weighted by Gasteiger charge is -2.20. The molecule has 0 saturated carbocycles. The smallest absolute Gasteiger partial charge is 0.319 e. The summed E-state index contributed by atoms with van der Waals surface area (Å²) in [7, 11) is 1.78. The van der Waals surface area contributed by atoms with Gasteiger partial charge >= 0.3 is 6.01 Å². The molecule has 45 heavy (non-hydrogen) atoms. The normalized spacial score (nSPS) is 17.6. The van der Waals surface area contributed by atoms with Gasteiger partial charge in [-0.15, -0.1) is 0 Å². The number of phenolic OH excluding ortho intramolecular Hbond substituents is 1. The monoisotopic (exact) mass is 619 g/mol. The second-order valence-corrected chi connectivity index (χ2v) is 11.3. The molecule has 1 saturated heterocycles. The van der Waals surface area contributed by atoms with E-state index in [1.54, 1.807) is 39.2 Å². The number of hydrogen-bond acceptors (Lipinski definition) is 9. The molecule has 6 rings (SSSR count). The zero-order chi connectivity index (χ0) is 32.0. The molecule has 5 aromatic rings. The van der Waals surface area contributed by atoms with Gasteiger partial charge in [0.1, 0.15) is 46.9 Å². The molecule has 234 valence electrons. The number of ether oxygens (including phenoxy) is 1. The van der Waals surface area contributed by atoms with E-state index >= 15 is 4.39 Å². The predicted octanol–water partition coefficient (Wildman–Crippen LogP) is 5.26. The third-order valence-corrected chi connectivity index (χ3v) is 8.29. The molecule has 4 heterocycles. The molecule has 0 aliphatic carbocycles. The van der Waals surface area contributed by atoms with Crippen molar-refractivity contribution in [3.63, 3.8) is 0 Å². The van der Waals surface area contributed by atoms with E-state index < -0.39 is 29.4 Å². The number of hydrogen-bond donors (Lipinski definition) is 4. The number of phenols is 1. The second kappa shape index (κ2) is 11.9. The number of anilines is 2. The summed E-state index contributed by atoms with van der Waals surface area (Å²) in [5.41, 5.74) is 5.69. The van der Waals surface area contributed by atoms with E-state index in [0.717, 1.165) is 0 Å². The van der Waals surface area contributed by atoms with Crippen LogP contribution in [0.5, 0.6) is 11.8 Å². The van der Waals surface area contributed by atoms with Crippen LogP contribution in [0.1, 0.15) is 37.4 Å². The number of nitrogens with two attached hydrogens (primary N) is 1. The molecule has 5 N–H and O–H groups in total. The number of pyridine rings is 2. The molecular weight excluding hydrogens is 587 g/mol. The number of nitrogens with zero attached hydrogens (tertiary/aromatic N) is 4. The Kier molecular flexibility index (Phi) is 7.96. The first-order valence-electron chi connectivity index (χ1n) is 14.6. The number of likely N-dealkylation sites (tertiary alicyclic amines) is 1. The van der Waals surface area contributed by atoms with Gasteiger partial charge in [0.15, 0.2) is 5.82 Å². The number of aromatic hydroxyl groups is 1. The van der Waals surface area contributed by atoms with E-state index in [0.29, 0.717) is 21.9 Å². The van der Waals surface area contributed by atoms with E-state index in [9.17, 15) is 18.7 Å². The number of benzene rings is 2. The SMILES string of the molecule is CCc1c(F)ccc2cc(O)cc(-c3[nH]c(=O)c4c(NC(C)c5cccnc5N)nc(OCC5C[C@@H](F)CN5C)nc4c3F)c12. The number of fused-ring (bicyclic) bond motifs is 2. The highest BCUT2D eigenvalue weighted by atomic mass is 19.1. The molecule has 2 unspecified atom stereocenters. The Morgan fingerprint density at radius 3 is 2.73 bits per heavy atom. The van der Waals surface area contributed by atoms with Crippen molar-refractivity contribution in [1.29, 1.82) is 0 Å². The largest absolute Gasteiger partial charge is 0.508 e. The standard InChI is InChI=1S/C32H32F3N7O3/c1-4-20-23(34)8-7-16-10-19(43)12-22(24(16)20)27-26(35)28-25(31(44)39-27)30(38-15(2)21-6-5-9-37-29(21)36)41-32(40-28)45-14-18-11-17(33)13-42(18)3/h5-10,12,15,17-18,43H,4,11,13-14H2,1-3H3,(H2,36,37)(H,39,44)(H,38,40,41)/t15?,17-,18?/m1/s1. The Morgan fingerprint density at radius 1 is 1.22 bits per heavy atom. The number of likely N-dealkylation sites (N-methyl/N-ethyl adjacent to an activating group) is 1. The Hall–Kier alpha value is -4.91. The average molecular weight is 620 g/mol. The van der Waals surface area contributed by atoms with Gasteiger partial charge in [0.05, 0.1) is 11.7 Å². The molecule has 0 amide bonds. The highest BCUT2D eigenvalue weighted by Crippen LogP contribution is 2.38. The van der Waals surface area contributed by atoms with Gasteiger partial charge in [0.25, 0.3) is 5.56 Å². The minimum absolute atomic E-state index is 0.0262. The van der Waals surface area contributed by atoms with E-state index in [4.69, 9.17) is 10.5 Å². The number of H-pyrrole nitrogens is 1. The zero-order valence-electron chi connectivity index (χ0n) is 24.9. The maximum Gasteiger partial charge on any atom is 0.319 e. The van der Waals surface area contributed by atoms with Crippen molar-refractivity contribution in [2.24, 2.45) is 0 Å². The Labute approximate surface area is 256 Å². The van der Waals surface area contributed by atoms with Gasteiger partial charge in [0, 0.05) is 29.9 Å². The van der Waals surface area contributed by atoms with E-state index in [-0.39, 0.29) is 77.6 Å². The molecule has 10 nitrogen and oxygen atoms in total. The maximum absolute atomic E-state index is 16.7. The van der Waals surface area contributed by atoms with Crippen LogP contribution >= 0.6 is 0 Å². The van der Waals surface area contributed by atoms with Gasteiger partial charge in [-0.2, -0.15) is 9.97 Å².